The number of hydrogen-bond acceptors (Lipinski definition) is 6. The van der Waals surface area contributed by atoms with Gasteiger partial charge >= 0.3 is 0 Å². The summed E-state index contributed by atoms with van der Waals surface area (Å²) >= 11 is 6.08. The quantitative estimate of drug-likeness (QED) is 0.175. The Morgan fingerprint density at radius 2 is 1.73 bits per heavy atom. The molecule has 200 valence electrons. The van der Waals surface area contributed by atoms with Crippen LogP contribution in [0, 0.1) is 0 Å². The van der Waals surface area contributed by atoms with E-state index >= 15 is 0 Å². The zero-order valence-corrected chi connectivity index (χ0v) is 24.1. The SMILES string of the molecule is O=C(Nc1cccc(S[C@H]2CC(=O)N(c3ccc(Br)cc3)C2=O)c1)/C(=C/c1cccs1)NC(=O)c1ccccc1. The highest BCUT2D eigenvalue weighted by Gasteiger charge is 2.40. The summed E-state index contributed by atoms with van der Waals surface area (Å²) in [5.74, 6) is -1.43. The number of thioether (sulfide) groups is 1. The fourth-order valence-electron chi connectivity index (χ4n) is 4.03. The van der Waals surface area contributed by atoms with Crippen LogP contribution in [-0.4, -0.2) is 28.9 Å². The molecule has 0 aliphatic carbocycles. The molecule has 1 aliphatic heterocycles. The Morgan fingerprint density at radius 1 is 0.950 bits per heavy atom. The molecule has 2 heterocycles. The van der Waals surface area contributed by atoms with Gasteiger partial charge in [-0.05, 0) is 72.1 Å². The largest absolute Gasteiger partial charge is 0.321 e. The average molecular weight is 633 g/mol. The Hall–Kier alpha value is -3.99. The van der Waals surface area contributed by atoms with Gasteiger partial charge in [0.15, 0.2) is 0 Å². The minimum absolute atomic E-state index is 0.0787. The van der Waals surface area contributed by atoms with E-state index in [9.17, 15) is 19.2 Å². The number of carbonyl (C=O) groups is 4. The van der Waals surface area contributed by atoms with Gasteiger partial charge in [0.25, 0.3) is 11.8 Å². The lowest BCUT2D eigenvalue weighted by molar-refractivity contribution is -0.121. The summed E-state index contributed by atoms with van der Waals surface area (Å²) in [6.45, 7) is 0. The summed E-state index contributed by atoms with van der Waals surface area (Å²) in [6.07, 6.45) is 1.70. The Kier molecular flexibility index (Phi) is 8.59. The van der Waals surface area contributed by atoms with E-state index in [2.05, 4.69) is 26.6 Å². The second-order valence-electron chi connectivity index (χ2n) is 8.73. The van der Waals surface area contributed by atoms with Gasteiger partial charge in [0.2, 0.25) is 11.8 Å². The summed E-state index contributed by atoms with van der Waals surface area (Å²) in [6, 6.07) is 26.4. The van der Waals surface area contributed by atoms with E-state index in [1.54, 1.807) is 72.8 Å². The third kappa shape index (κ3) is 6.59. The van der Waals surface area contributed by atoms with E-state index in [1.165, 1.54) is 28.0 Å². The molecular weight excluding hydrogens is 610 g/mol. The molecular formula is C30H22BrN3O4S2. The van der Waals surface area contributed by atoms with Crippen LogP contribution in [0.4, 0.5) is 11.4 Å². The van der Waals surface area contributed by atoms with E-state index in [0.29, 0.717) is 16.9 Å². The van der Waals surface area contributed by atoms with Gasteiger partial charge in [-0.15, -0.1) is 23.1 Å². The Morgan fingerprint density at radius 3 is 2.45 bits per heavy atom. The molecule has 1 atom stereocenters. The maximum absolute atomic E-state index is 13.3. The molecule has 1 aromatic heterocycles. The van der Waals surface area contributed by atoms with Gasteiger partial charge in [-0.3, -0.25) is 19.2 Å². The van der Waals surface area contributed by atoms with Crippen LogP contribution >= 0.6 is 39.0 Å². The highest BCUT2D eigenvalue weighted by molar-refractivity contribution is 9.10. The molecule has 4 aromatic rings. The number of rotatable bonds is 8. The van der Waals surface area contributed by atoms with Crippen LogP contribution in [0.1, 0.15) is 21.7 Å². The molecule has 4 amide bonds. The van der Waals surface area contributed by atoms with Gasteiger partial charge in [0, 0.05) is 31.9 Å². The molecule has 1 fully saturated rings. The normalized spacial score (nSPS) is 15.3. The lowest BCUT2D eigenvalue weighted by atomic mass is 10.2. The number of imide groups is 1. The summed E-state index contributed by atoms with van der Waals surface area (Å²) in [4.78, 5) is 54.6. The number of benzene rings is 3. The standard InChI is InChI=1S/C30H22BrN3O4S2/c31-20-11-13-22(14-12-20)34-27(35)18-26(30(34)38)40-24-9-4-8-21(16-24)32-29(37)25(17-23-10-5-15-39-23)33-28(36)19-6-2-1-3-7-19/h1-17,26H,18H2,(H,32,37)(H,33,36)/b25-17-/t26-/m0/s1. The topological polar surface area (TPSA) is 95.6 Å². The maximum atomic E-state index is 13.3. The van der Waals surface area contributed by atoms with Gasteiger partial charge in [-0.1, -0.05) is 46.3 Å². The number of hydrogen-bond donors (Lipinski definition) is 2. The van der Waals surface area contributed by atoms with Crippen molar-refractivity contribution < 1.29 is 19.2 Å². The third-order valence-corrected chi connectivity index (χ3v) is 8.45. The zero-order valence-electron chi connectivity index (χ0n) is 20.9. The molecule has 0 radical (unpaired) electrons. The lowest BCUT2D eigenvalue weighted by Gasteiger charge is -2.15. The smallest absolute Gasteiger partial charge is 0.272 e. The van der Waals surface area contributed by atoms with Crippen LogP contribution in [0.15, 0.2) is 111 Å². The fourth-order valence-corrected chi connectivity index (χ4v) is 6.06. The average Bonchev–Trinajstić information content (AvgIpc) is 3.56. The lowest BCUT2D eigenvalue weighted by Crippen LogP contribution is -2.31. The first-order chi connectivity index (χ1) is 19.4. The van der Waals surface area contributed by atoms with E-state index in [0.717, 1.165) is 14.2 Å². The highest BCUT2D eigenvalue weighted by atomic mass is 79.9. The van der Waals surface area contributed by atoms with Crippen molar-refractivity contribution >= 4 is 80.1 Å². The van der Waals surface area contributed by atoms with Crippen LogP contribution in [0.3, 0.4) is 0 Å². The number of carbonyl (C=O) groups excluding carboxylic acids is 4. The molecule has 0 spiro atoms. The molecule has 3 aromatic carbocycles. The van der Waals surface area contributed by atoms with E-state index in [4.69, 9.17) is 0 Å². The summed E-state index contributed by atoms with van der Waals surface area (Å²) in [7, 11) is 0. The molecule has 0 bridgehead atoms. The minimum atomic E-state index is -0.582. The summed E-state index contributed by atoms with van der Waals surface area (Å²) in [5.41, 5.74) is 1.54. The highest BCUT2D eigenvalue weighted by Crippen LogP contribution is 2.35. The number of nitrogens with one attached hydrogen (secondary N) is 2. The summed E-state index contributed by atoms with van der Waals surface area (Å²) < 4.78 is 0.855. The second kappa shape index (κ2) is 12.5. The number of amides is 4. The van der Waals surface area contributed by atoms with Crippen molar-refractivity contribution in [3.63, 3.8) is 0 Å². The Bertz CT molecular complexity index is 1590. The van der Waals surface area contributed by atoms with Gasteiger partial charge < -0.3 is 10.6 Å². The van der Waals surface area contributed by atoms with E-state index in [1.807, 2.05) is 29.6 Å². The van der Waals surface area contributed by atoms with Crippen molar-refractivity contribution in [1.29, 1.82) is 0 Å². The van der Waals surface area contributed by atoms with Crippen molar-refractivity contribution in [1.82, 2.24) is 5.32 Å². The number of thiophene rings is 1. The molecule has 0 saturated carbocycles. The predicted molar refractivity (Wildman–Crippen MR) is 162 cm³/mol. The van der Waals surface area contributed by atoms with Crippen LogP contribution < -0.4 is 15.5 Å². The number of halogens is 1. The van der Waals surface area contributed by atoms with Crippen LogP contribution in [0.25, 0.3) is 6.08 Å². The zero-order chi connectivity index (χ0) is 28.1. The minimum Gasteiger partial charge on any atom is -0.321 e. The van der Waals surface area contributed by atoms with Crippen molar-refractivity contribution in [3.05, 3.63) is 117 Å². The Labute approximate surface area is 247 Å². The number of anilines is 2. The third-order valence-electron chi connectivity index (χ3n) is 5.92. The molecule has 5 rings (SSSR count). The maximum Gasteiger partial charge on any atom is 0.272 e. The van der Waals surface area contributed by atoms with E-state index < -0.39 is 17.1 Å². The first-order valence-electron chi connectivity index (χ1n) is 12.2. The summed E-state index contributed by atoms with van der Waals surface area (Å²) in [5, 5.41) is 6.86. The van der Waals surface area contributed by atoms with E-state index in [-0.39, 0.29) is 23.9 Å². The van der Waals surface area contributed by atoms with Gasteiger partial charge in [0.1, 0.15) is 5.70 Å². The van der Waals surface area contributed by atoms with Crippen LogP contribution in [0.5, 0.6) is 0 Å². The first-order valence-corrected chi connectivity index (χ1v) is 14.7. The molecule has 0 unspecified atom stereocenters. The van der Waals surface area contributed by atoms with Crippen LogP contribution in [0.2, 0.25) is 0 Å². The Balaban J connectivity index is 1.30. The van der Waals surface area contributed by atoms with Crippen molar-refractivity contribution in [2.75, 3.05) is 10.2 Å². The van der Waals surface area contributed by atoms with Gasteiger partial charge in [-0.25, -0.2) is 4.90 Å². The van der Waals surface area contributed by atoms with Gasteiger partial charge in [-0.2, -0.15) is 0 Å². The van der Waals surface area contributed by atoms with Crippen molar-refractivity contribution in [2.24, 2.45) is 0 Å². The van der Waals surface area contributed by atoms with Gasteiger partial charge in [0.05, 0.1) is 10.9 Å². The molecule has 40 heavy (non-hydrogen) atoms. The van der Waals surface area contributed by atoms with Crippen LogP contribution in [-0.2, 0) is 14.4 Å². The molecule has 1 aliphatic rings. The van der Waals surface area contributed by atoms with Crippen molar-refractivity contribution in [3.8, 4) is 0 Å². The number of nitrogens with zero attached hydrogens (tertiary/aromatic N) is 1. The molecule has 2 N–H and O–H groups in total. The fraction of sp³-hybridized carbons (Fsp3) is 0.0667. The molecule has 10 heteroatoms. The van der Waals surface area contributed by atoms with Crippen molar-refractivity contribution in [2.45, 2.75) is 16.6 Å². The predicted octanol–water partition coefficient (Wildman–Crippen LogP) is 6.34. The molecule has 7 nitrogen and oxygen atoms in total. The monoisotopic (exact) mass is 631 g/mol. The second-order valence-corrected chi connectivity index (χ2v) is 11.9. The molecule has 1 saturated heterocycles. The first kappa shape index (κ1) is 27.6.